The molecule has 6 nitrogen and oxygen atoms in total. The topological polar surface area (TPSA) is 63.2 Å². The van der Waals surface area contributed by atoms with Crippen LogP contribution in [-0.2, 0) is 30.2 Å². The molecule has 0 bridgehead atoms. The van der Waals surface area contributed by atoms with Gasteiger partial charge in [-0.1, -0.05) is 71.2 Å². The number of hydrogen-bond acceptors (Lipinski definition) is 6. The van der Waals surface area contributed by atoms with Crippen LogP contribution in [0.2, 0.25) is 18.1 Å². The lowest BCUT2D eigenvalue weighted by Gasteiger charge is -2.36. The highest BCUT2D eigenvalue weighted by molar-refractivity contribution is 6.74. The number of Topliss-reactive ketones (excluding diaryl/α,β-unsaturated/α-hetero) is 1. The Morgan fingerprint density at radius 3 is 2.40 bits per heavy atom. The van der Waals surface area contributed by atoms with E-state index < -0.39 is 8.32 Å². The lowest BCUT2D eigenvalue weighted by molar-refractivity contribution is -0.192. The Kier molecular flexibility index (Phi) is 12.9. The highest BCUT2D eigenvalue weighted by Crippen LogP contribution is 2.39. The van der Waals surface area contributed by atoms with Gasteiger partial charge in [0.25, 0.3) is 0 Å². The summed E-state index contributed by atoms with van der Waals surface area (Å²) in [4.78, 5) is 13.6. The number of ketones is 1. The third-order valence-electron chi connectivity index (χ3n) is 9.81. The van der Waals surface area contributed by atoms with Crippen molar-refractivity contribution >= 4 is 14.1 Å². The number of carbonyl (C=O) groups is 1. The van der Waals surface area contributed by atoms with Gasteiger partial charge in [0.05, 0.1) is 12.2 Å². The molecule has 2 unspecified atom stereocenters. The summed E-state index contributed by atoms with van der Waals surface area (Å²) in [6.07, 6.45) is 15.6. The summed E-state index contributed by atoms with van der Waals surface area (Å²) in [7, 11) is -1.97. The minimum Gasteiger partial charge on any atom is -0.543 e. The molecule has 1 saturated carbocycles. The van der Waals surface area contributed by atoms with Gasteiger partial charge in [-0.25, -0.2) is 0 Å². The molecule has 1 aliphatic carbocycles. The van der Waals surface area contributed by atoms with Crippen molar-refractivity contribution < 1.29 is 28.2 Å². The van der Waals surface area contributed by atoms with Crippen molar-refractivity contribution in [3.8, 4) is 5.75 Å². The van der Waals surface area contributed by atoms with Crippen molar-refractivity contribution in [2.45, 2.75) is 148 Å². The molecule has 3 aliphatic rings. The third-order valence-corrected chi connectivity index (χ3v) is 14.2. The normalized spacial score (nSPS) is 28.0. The Balaban J connectivity index is 1.53. The quantitative estimate of drug-likeness (QED) is 0.119. The fourth-order valence-corrected chi connectivity index (χ4v) is 7.15. The van der Waals surface area contributed by atoms with Crippen LogP contribution in [0.1, 0.15) is 104 Å². The van der Waals surface area contributed by atoms with Crippen LogP contribution >= 0.6 is 0 Å². The van der Waals surface area contributed by atoms with Gasteiger partial charge in [0.1, 0.15) is 11.5 Å². The van der Waals surface area contributed by atoms with E-state index in [1.807, 2.05) is 0 Å². The number of unbranched alkanes of at least 4 members (excludes halogenated alkanes) is 2. The summed E-state index contributed by atoms with van der Waals surface area (Å²) < 4.78 is 31.5. The maximum atomic E-state index is 13.6. The van der Waals surface area contributed by atoms with E-state index in [-0.39, 0.29) is 47.4 Å². The van der Waals surface area contributed by atoms with E-state index in [9.17, 15) is 4.79 Å². The predicted molar refractivity (Wildman–Crippen MR) is 175 cm³/mol. The van der Waals surface area contributed by atoms with Gasteiger partial charge in [-0.3, -0.25) is 4.79 Å². The van der Waals surface area contributed by atoms with Gasteiger partial charge < -0.3 is 23.4 Å². The Morgan fingerprint density at radius 2 is 1.74 bits per heavy atom. The van der Waals surface area contributed by atoms with E-state index in [0.717, 1.165) is 75.9 Å². The SMILES string of the molecule is CCCCC[C@@H](C=C[C@H]1[C@H](OC2CCCCO2)CC(=O)[C@@H]1Cc1cccc(O[Si](C)(C)C(C)(C)C)c1)OC1CCCCO1. The molecule has 0 spiro atoms. The summed E-state index contributed by atoms with van der Waals surface area (Å²) in [5, 5.41) is 0.116. The van der Waals surface area contributed by atoms with Gasteiger partial charge in [0.15, 0.2) is 12.6 Å². The van der Waals surface area contributed by atoms with E-state index in [0.29, 0.717) is 12.8 Å². The van der Waals surface area contributed by atoms with E-state index in [4.69, 9.17) is 23.4 Å². The maximum absolute atomic E-state index is 13.6. The average molecular weight is 615 g/mol. The van der Waals surface area contributed by atoms with Crippen molar-refractivity contribution in [2.75, 3.05) is 13.2 Å². The van der Waals surface area contributed by atoms with Gasteiger partial charge in [-0.2, -0.15) is 0 Å². The van der Waals surface area contributed by atoms with Crippen molar-refractivity contribution in [3.63, 3.8) is 0 Å². The van der Waals surface area contributed by atoms with E-state index in [1.54, 1.807) is 0 Å². The van der Waals surface area contributed by atoms with Crippen LogP contribution in [0, 0.1) is 11.8 Å². The molecule has 2 saturated heterocycles. The number of hydrogen-bond donors (Lipinski definition) is 0. The lowest BCUT2D eigenvalue weighted by Crippen LogP contribution is -2.43. The molecule has 2 aliphatic heterocycles. The van der Waals surface area contributed by atoms with Crippen molar-refractivity contribution in [2.24, 2.45) is 11.8 Å². The van der Waals surface area contributed by atoms with Crippen LogP contribution < -0.4 is 4.43 Å². The Hall–Kier alpha value is -1.51. The molecule has 0 amide bonds. The molecule has 4 rings (SSSR count). The minimum atomic E-state index is -1.97. The smallest absolute Gasteiger partial charge is 0.250 e. The summed E-state index contributed by atoms with van der Waals surface area (Å²) in [6, 6.07) is 8.38. The van der Waals surface area contributed by atoms with Gasteiger partial charge >= 0.3 is 0 Å². The average Bonchev–Trinajstić information content (AvgIpc) is 3.25. The van der Waals surface area contributed by atoms with Crippen LogP contribution in [0.3, 0.4) is 0 Å². The predicted octanol–water partition coefficient (Wildman–Crippen LogP) is 8.78. The Morgan fingerprint density at radius 1 is 1.02 bits per heavy atom. The van der Waals surface area contributed by atoms with Crippen LogP contribution in [0.15, 0.2) is 36.4 Å². The van der Waals surface area contributed by atoms with Crippen LogP contribution in [0.5, 0.6) is 5.75 Å². The largest absolute Gasteiger partial charge is 0.543 e. The second-order valence-corrected chi connectivity index (χ2v) is 19.1. The zero-order valence-corrected chi connectivity index (χ0v) is 28.8. The molecule has 6 atom stereocenters. The lowest BCUT2D eigenvalue weighted by atomic mass is 9.87. The molecule has 7 heteroatoms. The van der Waals surface area contributed by atoms with E-state index in [2.05, 4.69) is 77.2 Å². The van der Waals surface area contributed by atoms with Crippen molar-refractivity contribution in [3.05, 3.63) is 42.0 Å². The van der Waals surface area contributed by atoms with Gasteiger partial charge in [-0.05, 0) is 87.2 Å². The number of benzene rings is 1. The van der Waals surface area contributed by atoms with Crippen molar-refractivity contribution in [1.29, 1.82) is 0 Å². The Bertz CT molecular complexity index is 1020. The van der Waals surface area contributed by atoms with E-state index >= 15 is 0 Å². The third kappa shape index (κ3) is 10.3. The van der Waals surface area contributed by atoms with Crippen LogP contribution in [0.25, 0.3) is 0 Å². The van der Waals surface area contributed by atoms with Gasteiger partial charge in [-0.15, -0.1) is 0 Å². The molecule has 2 heterocycles. The molecular weight excluding hydrogens is 556 g/mol. The first-order chi connectivity index (χ1) is 20.6. The standard InChI is InChI=1S/C36H58O6Si/c1-7-8-9-16-28(40-34-18-10-12-22-38-34)20-21-30-31(32(37)26-33(30)41-35-19-11-13-23-39-35)25-27-15-14-17-29(24-27)42-43(5,6)36(2,3)4/h14-15,17,20-21,24,28,30-31,33-35H,7-13,16,18-19,22-23,25-26H2,1-6H3/t28-,30+,31+,33+,34?,35?/m0/s1. The summed E-state index contributed by atoms with van der Waals surface area (Å²) >= 11 is 0. The highest BCUT2D eigenvalue weighted by Gasteiger charge is 2.43. The van der Waals surface area contributed by atoms with Crippen molar-refractivity contribution in [1.82, 2.24) is 0 Å². The second-order valence-electron chi connectivity index (χ2n) is 14.4. The minimum absolute atomic E-state index is 0.0288. The zero-order valence-electron chi connectivity index (χ0n) is 27.8. The summed E-state index contributed by atoms with van der Waals surface area (Å²) in [5.74, 6) is 0.981. The van der Waals surface area contributed by atoms with Gasteiger partial charge in [0.2, 0.25) is 8.32 Å². The molecule has 0 N–H and O–H groups in total. The second kappa shape index (κ2) is 16.2. The molecule has 43 heavy (non-hydrogen) atoms. The summed E-state index contributed by atoms with van der Waals surface area (Å²) in [5.41, 5.74) is 1.13. The molecule has 1 aromatic carbocycles. The molecule has 3 fully saturated rings. The molecule has 1 aromatic rings. The first-order valence-corrected chi connectivity index (χ1v) is 20.0. The highest BCUT2D eigenvalue weighted by atomic mass is 28.4. The van der Waals surface area contributed by atoms with Crippen LogP contribution in [-0.4, -0.2) is 52.1 Å². The number of rotatable bonds is 14. The van der Waals surface area contributed by atoms with Crippen LogP contribution in [0.4, 0.5) is 0 Å². The molecule has 242 valence electrons. The van der Waals surface area contributed by atoms with E-state index in [1.165, 1.54) is 12.8 Å². The Labute approximate surface area is 262 Å². The van der Waals surface area contributed by atoms with Gasteiger partial charge in [0, 0.05) is 31.5 Å². The first-order valence-electron chi connectivity index (χ1n) is 17.1. The monoisotopic (exact) mass is 614 g/mol. The zero-order chi connectivity index (χ0) is 30.9. The molecular formula is C36H58O6Si. The fourth-order valence-electron chi connectivity index (χ4n) is 6.13. The first kappa shape index (κ1) is 34.4. The molecule has 0 aromatic heterocycles. The fraction of sp³-hybridized carbons (Fsp3) is 0.750. The number of ether oxygens (including phenoxy) is 4. The molecule has 0 radical (unpaired) electrons. The summed E-state index contributed by atoms with van der Waals surface area (Å²) in [6.45, 7) is 15.0. The maximum Gasteiger partial charge on any atom is 0.250 e. The number of carbonyl (C=O) groups excluding carboxylic acids is 1.